The summed E-state index contributed by atoms with van der Waals surface area (Å²) < 4.78 is 27.0. The average molecular weight is 250 g/mol. The van der Waals surface area contributed by atoms with Gasteiger partial charge in [-0.3, -0.25) is 4.79 Å². The molecule has 0 aromatic carbocycles. The topological polar surface area (TPSA) is 86.7 Å². The van der Waals surface area contributed by atoms with Gasteiger partial charge in [-0.1, -0.05) is 13.8 Å². The Morgan fingerprint density at radius 3 is 2.69 bits per heavy atom. The number of carboxylic acids is 1. The predicted octanol–water partition coefficient (Wildman–Crippen LogP) is -0.117. The van der Waals surface area contributed by atoms with Crippen LogP contribution in [0.5, 0.6) is 0 Å². The molecule has 1 unspecified atom stereocenters. The van der Waals surface area contributed by atoms with Crippen molar-refractivity contribution in [1.82, 2.24) is 9.03 Å². The van der Waals surface area contributed by atoms with Crippen LogP contribution < -0.4 is 4.72 Å². The Morgan fingerprint density at radius 2 is 2.19 bits per heavy atom. The molecular formula is C9H18N2O4S. The van der Waals surface area contributed by atoms with Crippen LogP contribution in [0.15, 0.2) is 0 Å². The molecule has 0 radical (unpaired) electrons. The maximum absolute atomic E-state index is 11.6. The van der Waals surface area contributed by atoms with Gasteiger partial charge >= 0.3 is 5.97 Å². The molecule has 1 aliphatic rings. The number of carboxylic acid groups (broad SMARTS) is 1. The van der Waals surface area contributed by atoms with Crippen LogP contribution in [0.2, 0.25) is 0 Å². The van der Waals surface area contributed by atoms with E-state index in [-0.39, 0.29) is 24.8 Å². The third-order valence-electron chi connectivity index (χ3n) is 2.39. The first-order chi connectivity index (χ1) is 7.31. The van der Waals surface area contributed by atoms with Gasteiger partial charge in [0.1, 0.15) is 0 Å². The molecule has 94 valence electrons. The summed E-state index contributed by atoms with van der Waals surface area (Å²) in [5.41, 5.74) is 0. The fraction of sp³-hybridized carbons (Fsp3) is 0.889. The van der Waals surface area contributed by atoms with Crippen LogP contribution in [0.25, 0.3) is 0 Å². The van der Waals surface area contributed by atoms with Crippen LogP contribution in [0.3, 0.4) is 0 Å². The Morgan fingerprint density at radius 1 is 1.56 bits per heavy atom. The molecule has 1 fully saturated rings. The van der Waals surface area contributed by atoms with Crippen LogP contribution in [0, 0.1) is 11.8 Å². The first-order valence-corrected chi connectivity index (χ1v) is 6.72. The van der Waals surface area contributed by atoms with Crippen LogP contribution in [-0.4, -0.2) is 43.4 Å². The minimum Gasteiger partial charge on any atom is -0.481 e. The lowest BCUT2D eigenvalue weighted by Crippen LogP contribution is -2.52. The molecule has 0 amide bonds. The van der Waals surface area contributed by atoms with E-state index in [1.165, 1.54) is 4.31 Å². The highest BCUT2D eigenvalue weighted by molar-refractivity contribution is 7.87. The smallest absolute Gasteiger partial charge is 0.303 e. The monoisotopic (exact) mass is 250 g/mol. The first-order valence-electron chi connectivity index (χ1n) is 5.28. The lowest BCUT2D eigenvalue weighted by molar-refractivity contribution is -0.138. The van der Waals surface area contributed by atoms with Gasteiger partial charge in [0.2, 0.25) is 0 Å². The summed E-state index contributed by atoms with van der Waals surface area (Å²) in [5.74, 6) is -0.824. The molecule has 0 bridgehead atoms. The van der Waals surface area contributed by atoms with Gasteiger partial charge < -0.3 is 5.11 Å². The average Bonchev–Trinajstić information content (AvgIpc) is 2.09. The zero-order valence-corrected chi connectivity index (χ0v) is 10.3. The van der Waals surface area contributed by atoms with Crippen LogP contribution in [0.4, 0.5) is 0 Å². The Kier molecular flexibility index (Phi) is 4.28. The third kappa shape index (κ3) is 3.73. The van der Waals surface area contributed by atoms with E-state index in [0.717, 1.165) is 0 Å². The van der Waals surface area contributed by atoms with Crippen molar-refractivity contribution >= 4 is 16.2 Å². The van der Waals surface area contributed by atoms with E-state index in [1.807, 2.05) is 13.8 Å². The molecule has 2 N–H and O–H groups in total. The van der Waals surface area contributed by atoms with Crippen LogP contribution >= 0.6 is 0 Å². The second-order valence-electron chi connectivity index (χ2n) is 4.53. The lowest BCUT2D eigenvalue weighted by Gasteiger charge is -2.32. The van der Waals surface area contributed by atoms with Crippen molar-refractivity contribution in [2.75, 3.05) is 19.6 Å². The summed E-state index contributed by atoms with van der Waals surface area (Å²) in [6.45, 7) is 4.78. The number of aliphatic carboxylic acids is 1. The molecule has 0 aromatic heterocycles. The van der Waals surface area contributed by atoms with Crippen molar-refractivity contribution < 1.29 is 18.3 Å². The first kappa shape index (κ1) is 13.4. The standard InChI is InChI=1S/C9H18N2O4S/c1-7(2)5-11-6-8(3-9(12)13)4-10-16(11,14)15/h7-8,10H,3-6H2,1-2H3,(H,12,13). The summed E-state index contributed by atoms with van der Waals surface area (Å²) in [6.07, 6.45) is -0.00286. The molecule has 1 atom stereocenters. The second-order valence-corrected chi connectivity index (χ2v) is 6.28. The number of hydrogen-bond donors (Lipinski definition) is 2. The molecule has 0 aliphatic carbocycles. The highest BCUT2D eigenvalue weighted by Gasteiger charge is 2.32. The molecule has 16 heavy (non-hydrogen) atoms. The van der Waals surface area contributed by atoms with Crippen molar-refractivity contribution in [2.24, 2.45) is 11.8 Å². The van der Waals surface area contributed by atoms with Crippen molar-refractivity contribution in [3.63, 3.8) is 0 Å². The van der Waals surface area contributed by atoms with Gasteiger partial charge in [-0.25, -0.2) is 4.72 Å². The summed E-state index contributed by atoms with van der Waals surface area (Å²) in [6, 6.07) is 0. The van der Waals surface area contributed by atoms with Crippen molar-refractivity contribution in [3.8, 4) is 0 Å². The molecule has 1 aliphatic heterocycles. The Balaban J connectivity index is 2.66. The summed E-state index contributed by atoms with van der Waals surface area (Å²) >= 11 is 0. The van der Waals surface area contributed by atoms with Gasteiger partial charge in [-0.2, -0.15) is 12.7 Å². The number of nitrogens with zero attached hydrogens (tertiary/aromatic N) is 1. The molecule has 0 spiro atoms. The van der Waals surface area contributed by atoms with Crippen molar-refractivity contribution in [2.45, 2.75) is 20.3 Å². The Hall–Kier alpha value is -0.660. The zero-order chi connectivity index (χ0) is 12.3. The SMILES string of the molecule is CC(C)CN1CC(CC(=O)O)CNS1(=O)=O. The van der Waals surface area contributed by atoms with E-state index in [4.69, 9.17) is 5.11 Å². The van der Waals surface area contributed by atoms with E-state index in [9.17, 15) is 13.2 Å². The molecule has 1 rings (SSSR count). The van der Waals surface area contributed by atoms with Gasteiger partial charge in [0, 0.05) is 19.6 Å². The van der Waals surface area contributed by atoms with E-state index < -0.39 is 16.2 Å². The quantitative estimate of drug-likeness (QED) is 0.728. The number of nitrogens with one attached hydrogen (secondary N) is 1. The Labute approximate surface area is 95.8 Å². The minimum atomic E-state index is -3.40. The lowest BCUT2D eigenvalue weighted by atomic mass is 10.1. The number of rotatable bonds is 4. The molecule has 7 heteroatoms. The van der Waals surface area contributed by atoms with Gasteiger partial charge in [-0.05, 0) is 11.8 Å². The van der Waals surface area contributed by atoms with Crippen LogP contribution in [0.1, 0.15) is 20.3 Å². The maximum Gasteiger partial charge on any atom is 0.303 e. The van der Waals surface area contributed by atoms with Crippen LogP contribution in [-0.2, 0) is 15.0 Å². The predicted molar refractivity (Wildman–Crippen MR) is 59.1 cm³/mol. The highest BCUT2D eigenvalue weighted by Crippen LogP contribution is 2.16. The fourth-order valence-electron chi connectivity index (χ4n) is 1.73. The maximum atomic E-state index is 11.6. The highest BCUT2D eigenvalue weighted by atomic mass is 32.2. The fourth-order valence-corrected chi connectivity index (χ4v) is 3.26. The van der Waals surface area contributed by atoms with E-state index in [0.29, 0.717) is 13.1 Å². The molecule has 1 saturated heterocycles. The molecule has 0 aromatic rings. The summed E-state index contributed by atoms with van der Waals surface area (Å²) in [5, 5.41) is 8.67. The van der Waals surface area contributed by atoms with Crippen molar-refractivity contribution in [1.29, 1.82) is 0 Å². The van der Waals surface area contributed by atoms with Gasteiger partial charge in [0.25, 0.3) is 10.2 Å². The third-order valence-corrected chi connectivity index (χ3v) is 3.90. The minimum absolute atomic E-state index is 0.00286. The second kappa shape index (κ2) is 5.11. The molecule has 0 saturated carbocycles. The summed E-state index contributed by atoms with van der Waals surface area (Å²) in [4.78, 5) is 10.6. The number of carbonyl (C=O) groups is 1. The van der Waals surface area contributed by atoms with E-state index in [1.54, 1.807) is 0 Å². The van der Waals surface area contributed by atoms with Gasteiger partial charge in [0.05, 0.1) is 6.42 Å². The van der Waals surface area contributed by atoms with E-state index >= 15 is 0 Å². The number of hydrogen-bond acceptors (Lipinski definition) is 3. The largest absolute Gasteiger partial charge is 0.481 e. The van der Waals surface area contributed by atoms with Gasteiger partial charge in [0.15, 0.2) is 0 Å². The van der Waals surface area contributed by atoms with E-state index in [2.05, 4.69) is 4.72 Å². The molecular weight excluding hydrogens is 232 g/mol. The van der Waals surface area contributed by atoms with Crippen molar-refractivity contribution in [3.05, 3.63) is 0 Å². The normalized spacial score (nSPS) is 25.8. The zero-order valence-electron chi connectivity index (χ0n) is 9.51. The van der Waals surface area contributed by atoms with Gasteiger partial charge in [-0.15, -0.1) is 0 Å². The Bertz CT molecular complexity index is 353. The summed E-state index contributed by atoms with van der Waals surface area (Å²) in [7, 11) is -3.40. The molecule has 6 nitrogen and oxygen atoms in total. The molecule has 1 heterocycles.